The van der Waals surface area contributed by atoms with Crippen LogP contribution in [0.4, 0.5) is 0 Å². The van der Waals surface area contributed by atoms with Gasteiger partial charge in [0.2, 0.25) is 0 Å². The van der Waals surface area contributed by atoms with Gasteiger partial charge in [-0.15, -0.1) is 0 Å². The van der Waals surface area contributed by atoms with Crippen LogP contribution in [0.25, 0.3) is 0 Å². The third-order valence-corrected chi connectivity index (χ3v) is 2.83. The van der Waals surface area contributed by atoms with Crippen molar-refractivity contribution in [1.29, 1.82) is 0 Å². The molecule has 0 aliphatic heterocycles. The second-order valence-electron chi connectivity index (χ2n) is 4.20. The first kappa shape index (κ1) is 12.3. The van der Waals surface area contributed by atoms with Crippen LogP contribution in [0.2, 0.25) is 0 Å². The highest BCUT2D eigenvalue weighted by atomic mass is 14.8. The highest BCUT2D eigenvalue weighted by molar-refractivity contribution is 5.18. The van der Waals surface area contributed by atoms with Crippen LogP contribution >= 0.6 is 0 Å². The van der Waals surface area contributed by atoms with Crippen LogP contribution in [0.15, 0.2) is 30.3 Å². The van der Waals surface area contributed by atoms with E-state index in [-0.39, 0.29) is 0 Å². The van der Waals surface area contributed by atoms with Gasteiger partial charge in [0, 0.05) is 0 Å². The average molecular weight is 205 g/mol. The summed E-state index contributed by atoms with van der Waals surface area (Å²) >= 11 is 0. The highest BCUT2D eigenvalue weighted by Gasteiger charge is 2.03. The normalized spacial score (nSPS) is 12.7. The summed E-state index contributed by atoms with van der Waals surface area (Å²) in [7, 11) is 0. The van der Waals surface area contributed by atoms with E-state index in [0.29, 0.717) is 5.92 Å². The molecule has 84 valence electrons. The third kappa shape index (κ3) is 4.98. The Labute approximate surface area is 93.9 Å². The molecule has 0 saturated carbocycles. The molecule has 1 heteroatoms. The van der Waals surface area contributed by atoms with Crippen molar-refractivity contribution < 1.29 is 0 Å². The Balaban J connectivity index is 2.16. The van der Waals surface area contributed by atoms with Gasteiger partial charge in [-0.05, 0) is 37.4 Å². The molecule has 0 fully saturated rings. The minimum absolute atomic E-state index is 0.667. The van der Waals surface area contributed by atoms with Crippen LogP contribution in [0.3, 0.4) is 0 Å². The Kier molecular flexibility index (Phi) is 6.10. The molecule has 0 aromatic heterocycles. The van der Waals surface area contributed by atoms with Crippen LogP contribution in [-0.4, -0.2) is 13.1 Å². The molecule has 1 aromatic carbocycles. The van der Waals surface area contributed by atoms with Gasteiger partial charge in [-0.3, -0.25) is 0 Å². The largest absolute Gasteiger partial charge is 0.317 e. The Morgan fingerprint density at radius 2 is 1.87 bits per heavy atom. The van der Waals surface area contributed by atoms with Gasteiger partial charge in [-0.1, -0.05) is 50.6 Å². The predicted molar refractivity (Wildman–Crippen MR) is 67.3 cm³/mol. The monoisotopic (exact) mass is 205 g/mol. The lowest BCUT2D eigenvalue weighted by Gasteiger charge is -2.12. The molecule has 0 saturated heterocycles. The quantitative estimate of drug-likeness (QED) is 0.671. The lowest BCUT2D eigenvalue weighted by atomic mass is 9.98. The van der Waals surface area contributed by atoms with Gasteiger partial charge in [0.1, 0.15) is 0 Å². The third-order valence-electron chi connectivity index (χ3n) is 2.83. The fraction of sp³-hybridized carbons (Fsp3) is 0.571. The fourth-order valence-corrected chi connectivity index (χ4v) is 1.69. The maximum absolute atomic E-state index is 3.49. The number of hydrogen-bond donors (Lipinski definition) is 1. The fourth-order valence-electron chi connectivity index (χ4n) is 1.69. The molecule has 0 bridgehead atoms. The smallest absolute Gasteiger partial charge is 0.00432 e. The van der Waals surface area contributed by atoms with E-state index in [0.717, 1.165) is 13.1 Å². The van der Waals surface area contributed by atoms with E-state index in [2.05, 4.69) is 49.5 Å². The zero-order chi connectivity index (χ0) is 10.9. The molecule has 1 unspecified atom stereocenters. The second kappa shape index (κ2) is 7.47. The van der Waals surface area contributed by atoms with Gasteiger partial charge in [-0.25, -0.2) is 0 Å². The average Bonchev–Trinajstić information content (AvgIpc) is 2.30. The van der Waals surface area contributed by atoms with Crippen LogP contribution in [-0.2, 0) is 0 Å². The molecular weight excluding hydrogens is 182 g/mol. The van der Waals surface area contributed by atoms with Crippen molar-refractivity contribution in [2.45, 2.75) is 39.0 Å². The van der Waals surface area contributed by atoms with Crippen molar-refractivity contribution in [3.8, 4) is 0 Å². The Morgan fingerprint density at radius 3 is 2.53 bits per heavy atom. The molecule has 1 atom stereocenters. The van der Waals surface area contributed by atoms with E-state index in [9.17, 15) is 0 Å². The molecule has 0 spiro atoms. The van der Waals surface area contributed by atoms with Gasteiger partial charge in [0.05, 0.1) is 0 Å². The molecule has 1 N–H and O–H groups in total. The Hall–Kier alpha value is -0.820. The van der Waals surface area contributed by atoms with E-state index >= 15 is 0 Å². The van der Waals surface area contributed by atoms with Gasteiger partial charge < -0.3 is 5.32 Å². The van der Waals surface area contributed by atoms with Crippen LogP contribution < -0.4 is 5.32 Å². The first-order valence-electron chi connectivity index (χ1n) is 6.10. The summed E-state index contributed by atoms with van der Waals surface area (Å²) in [5.74, 6) is 0.667. The van der Waals surface area contributed by atoms with Crippen molar-refractivity contribution in [3.05, 3.63) is 35.9 Å². The highest BCUT2D eigenvalue weighted by Crippen LogP contribution is 2.17. The topological polar surface area (TPSA) is 12.0 Å². The van der Waals surface area contributed by atoms with Gasteiger partial charge in [0.15, 0.2) is 0 Å². The summed E-state index contributed by atoms with van der Waals surface area (Å²) in [6.07, 6.45) is 3.80. The molecule has 0 amide bonds. The summed E-state index contributed by atoms with van der Waals surface area (Å²) < 4.78 is 0. The first-order valence-corrected chi connectivity index (χ1v) is 6.10. The maximum atomic E-state index is 3.49. The van der Waals surface area contributed by atoms with E-state index < -0.39 is 0 Å². The summed E-state index contributed by atoms with van der Waals surface area (Å²) in [4.78, 5) is 0. The van der Waals surface area contributed by atoms with Crippen molar-refractivity contribution in [2.24, 2.45) is 0 Å². The number of benzene rings is 1. The van der Waals surface area contributed by atoms with E-state index in [1.165, 1.54) is 24.8 Å². The first-order chi connectivity index (χ1) is 7.34. The number of hydrogen-bond acceptors (Lipinski definition) is 1. The van der Waals surface area contributed by atoms with Crippen molar-refractivity contribution in [3.63, 3.8) is 0 Å². The van der Waals surface area contributed by atoms with Crippen LogP contribution in [0.1, 0.15) is 44.6 Å². The molecule has 0 radical (unpaired) electrons. The van der Waals surface area contributed by atoms with Crippen molar-refractivity contribution in [1.82, 2.24) is 5.32 Å². The molecule has 1 rings (SSSR count). The number of unbranched alkanes of at least 4 members (excludes halogenated alkanes) is 1. The van der Waals surface area contributed by atoms with E-state index in [1.54, 1.807) is 0 Å². The number of rotatable bonds is 7. The zero-order valence-corrected chi connectivity index (χ0v) is 10.00. The second-order valence-corrected chi connectivity index (χ2v) is 4.20. The predicted octanol–water partition coefficient (Wildman–Crippen LogP) is 3.57. The van der Waals surface area contributed by atoms with Crippen LogP contribution in [0, 0.1) is 0 Å². The van der Waals surface area contributed by atoms with Gasteiger partial charge in [-0.2, -0.15) is 0 Å². The molecule has 15 heavy (non-hydrogen) atoms. The summed E-state index contributed by atoms with van der Waals surface area (Å²) in [5, 5.41) is 3.49. The van der Waals surface area contributed by atoms with E-state index in [1.807, 2.05) is 0 Å². The van der Waals surface area contributed by atoms with Crippen LogP contribution in [0.5, 0.6) is 0 Å². The van der Waals surface area contributed by atoms with Gasteiger partial charge in [0.25, 0.3) is 0 Å². The molecular formula is C14H23N. The maximum Gasteiger partial charge on any atom is -0.00432 e. The molecule has 1 aromatic rings. The molecule has 0 aliphatic rings. The number of nitrogens with one attached hydrogen (secondary N) is 1. The van der Waals surface area contributed by atoms with Gasteiger partial charge >= 0.3 is 0 Å². The van der Waals surface area contributed by atoms with Crippen molar-refractivity contribution in [2.75, 3.05) is 13.1 Å². The van der Waals surface area contributed by atoms with Crippen molar-refractivity contribution >= 4 is 0 Å². The Morgan fingerprint density at radius 1 is 1.13 bits per heavy atom. The summed E-state index contributed by atoms with van der Waals surface area (Å²) in [6, 6.07) is 10.8. The lowest BCUT2D eigenvalue weighted by Crippen LogP contribution is -2.18. The molecule has 1 nitrogen and oxygen atoms in total. The molecule has 0 heterocycles. The lowest BCUT2D eigenvalue weighted by molar-refractivity contribution is 0.578. The summed E-state index contributed by atoms with van der Waals surface area (Å²) in [5.41, 5.74) is 1.45. The minimum atomic E-state index is 0.667. The zero-order valence-electron chi connectivity index (χ0n) is 10.00. The molecule has 0 aliphatic carbocycles. The standard InChI is InChI=1S/C14H23N/c1-3-4-11-15-12-10-13(2)14-8-6-5-7-9-14/h5-9,13,15H,3-4,10-12H2,1-2H3. The Bertz CT molecular complexity index is 243. The SMILES string of the molecule is CCCCNCCC(C)c1ccccc1. The summed E-state index contributed by atoms with van der Waals surface area (Å²) in [6.45, 7) is 6.83. The minimum Gasteiger partial charge on any atom is -0.317 e. The van der Waals surface area contributed by atoms with E-state index in [4.69, 9.17) is 0 Å².